The lowest BCUT2D eigenvalue weighted by atomic mass is 9.56. The number of carbonyl (C=O) groups excluding carboxylic acids is 2. The standard InChI is InChI=1S/C30H25Cl2IN2O5/c1-4-16-5-11-21-28(37)35(34-24-12-8-19(31)15-22(24)32)29(38)30(21,18-6-9-20(39-2)10-7-18)26(16)17-13-23(33)27(36)25(14-17)40-3/h4-10,12-15,21,26,34,36H,1,11H2,2-3H3/t21-,26+,30+/m0/s1. The van der Waals surface area contributed by atoms with E-state index in [1.54, 1.807) is 49.6 Å². The molecule has 3 atom stereocenters. The highest BCUT2D eigenvalue weighted by atomic mass is 127. The summed E-state index contributed by atoms with van der Waals surface area (Å²) < 4.78 is 11.4. The number of methoxy groups -OCH3 is 2. The number of hydrazine groups is 1. The molecule has 3 aromatic rings. The number of imide groups is 1. The molecule has 0 unspecified atom stereocenters. The Hall–Kier alpha value is -3.21. The van der Waals surface area contributed by atoms with Crippen LogP contribution in [-0.4, -0.2) is 36.1 Å². The van der Waals surface area contributed by atoms with Crippen molar-refractivity contribution in [3.05, 3.63) is 104 Å². The molecule has 10 heteroatoms. The number of ether oxygens (including phenoxy) is 2. The van der Waals surface area contributed by atoms with Gasteiger partial charge < -0.3 is 14.6 Å². The number of amides is 2. The van der Waals surface area contributed by atoms with E-state index < -0.39 is 29.1 Å². The summed E-state index contributed by atoms with van der Waals surface area (Å²) in [5, 5.41) is 12.3. The van der Waals surface area contributed by atoms with Gasteiger partial charge in [-0.3, -0.25) is 15.0 Å². The third-order valence-electron chi connectivity index (χ3n) is 7.57. The number of allylic oxidation sites excluding steroid dienone is 3. The molecule has 0 aromatic heterocycles. The second-order valence-corrected chi connectivity index (χ2v) is 11.5. The van der Waals surface area contributed by atoms with Crippen LogP contribution in [-0.2, 0) is 15.0 Å². The molecule has 1 heterocycles. The summed E-state index contributed by atoms with van der Waals surface area (Å²) >= 11 is 14.5. The molecule has 1 aliphatic heterocycles. The summed E-state index contributed by atoms with van der Waals surface area (Å²) in [5.74, 6) is -1.35. The summed E-state index contributed by atoms with van der Waals surface area (Å²) in [6.07, 6.45) is 3.97. The molecule has 3 aromatic carbocycles. The van der Waals surface area contributed by atoms with Gasteiger partial charge in [-0.1, -0.05) is 54.1 Å². The molecule has 2 aliphatic rings. The molecule has 2 N–H and O–H groups in total. The summed E-state index contributed by atoms with van der Waals surface area (Å²) in [6, 6.07) is 15.5. The van der Waals surface area contributed by atoms with Crippen molar-refractivity contribution < 1.29 is 24.2 Å². The van der Waals surface area contributed by atoms with Gasteiger partial charge in [0.2, 0.25) is 0 Å². The number of benzene rings is 3. The smallest absolute Gasteiger partial charge is 0.260 e. The molecular formula is C30H25Cl2IN2O5. The van der Waals surface area contributed by atoms with E-state index in [2.05, 4.69) is 12.0 Å². The van der Waals surface area contributed by atoms with Crippen LogP contribution in [0, 0.1) is 9.49 Å². The van der Waals surface area contributed by atoms with Crippen LogP contribution >= 0.6 is 45.8 Å². The van der Waals surface area contributed by atoms with E-state index >= 15 is 0 Å². The number of hydrogen-bond acceptors (Lipinski definition) is 6. The van der Waals surface area contributed by atoms with E-state index in [9.17, 15) is 14.7 Å². The quantitative estimate of drug-likeness (QED) is 0.208. The molecule has 206 valence electrons. The van der Waals surface area contributed by atoms with Crippen LogP contribution in [0.25, 0.3) is 0 Å². The molecule has 0 bridgehead atoms. The van der Waals surface area contributed by atoms with Gasteiger partial charge in [-0.25, -0.2) is 0 Å². The van der Waals surface area contributed by atoms with Crippen LogP contribution in [0.4, 0.5) is 5.69 Å². The number of nitrogens with zero attached hydrogens (tertiary/aromatic N) is 1. The Morgan fingerprint density at radius 3 is 2.45 bits per heavy atom. The lowest BCUT2D eigenvalue weighted by molar-refractivity contribution is -0.138. The van der Waals surface area contributed by atoms with Gasteiger partial charge in [0.25, 0.3) is 11.8 Å². The predicted octanol–water partition coefficient (Wildman–Crippen LogP) is 6.87. The minimum Gasteiger partial charge on any atom is -0.504 e. The highest BCUT2D eigenvalue weighted by molar-refractivity contribution is 14.1. The Kier molecular flexibility index (Phi) is 7.78. The highest BCUT2D eigenvalue weighted by Crippen LogP contribution is 2.58. The number of anilines is 1. The van der Waals surface area contributed by atoms with Crippen LogP contribution in [0.15, 0.2) is 78.9 Å². The van der Waals surface area contributed by atoms with Crippen molar-refractivity contribution in [3.8, 4) is 17.2 Å². The van der Waals surface area contributed by atoms with Gasteiger partial charge in [-0.15, -0.1) is 0 Å². The zero-order valence-corrected chi connectivity index (χ0v) is 25.3. The fourth-order valence-corrected chi connectivity index (χ4v) is 6.84. The van der Waals surface area contributed by atoms with Crippen LogP contribution in [0.3, 0.4) is 0 Å². The first kappa shape index (κ1) is 28.3. The normalized spacial score (nSPS) is 22.0. The molecule has 1 saturated heterocycles. The number of halogens is 3. The number of fused-ring (bicyclic) bond motifs is 1. The summed E-state index contributed by atoms with van der Waals surface area (Å²) in [6.45, 7) is 4.03. The largest absolute Gasteiger partial charge is 0.504 e. The lowest BCUT2D eigenvalue weighted by Crippen LogP contribution is -2.48. The Morgan fingerprint density at radius 1 is 1.10 bits per heavy atom. The Morgan fingerprint density at radius 2 is 1.82 bits per heavy atom. The molecule has 7 nitrogen and oxygen atoms in total. The number of nitrogens with one attached hydrogen (secondary N) is 1. The number of carbonyl (C=O) groups is 2. The van der Waals surface area contributed by atoms with Gasteiger partial charge in [-0.2, -0.15) is 5.01 Å². The van der Waals surface area contributed by atoms with Gasteiger partial charge in [0.15, 0.2) is 11.5 Å². The number of phenolic OH excluding ortho intramolecular Hbond substituents is 1. The third-order valence-corrected chi connectivity index (χ3v) is 8.94. The molecule has 2 amide bonds. The van der Waals surface area contributed by atoms with Crippen molar-refractivity contribution in [1.29, 1.82) is 0 Å². The maximum absolute atomic E-state index is 14.8. The molecular weight excluding hydrogens is 666 g/mol. The Balaban J connectivity index is 1.76. The Bertz CT molecular complexity index is 1560. The number of hydrogen-bond donors (Lipinski definition) is 2. The fourth-order valence-electron chi connectivity index (χ4n) is 5.77. The zero-order chi connectivity index (χ0) is 28.8. The highest BCUT2D eigenvalue weighted by Gasteiger charge is 2.66. The minimum atomic E-state index is -1.36. The third kappa shape index (κ3) is 4.42. The predicted molar refractivity (Wildman–Crippen MR) is 163 cm³/mol. The summed E-state index contributed by atoms with van der Waals surface area (Å²) in [4.78, 5) is 28.8. The number of rotatable bonds is 7. The zero-order valence-electron chi connectivity index (χ0n) is 21.6. The van der Waals surface area contributed by atoms with Gasteiger partial charge >= 0.3 is 0 Å². The van der Waals surface area contributed by atoms with E-state index in [-0.39, 0.29) is 16.5 Å². The molecule has 40 heavy (non-hydrogen) atoms. The van der Waals surface area contributed by atoms with Crippen molar-refractivity contribution in [2.75, 3.05) is 19.6 Å². The average molecular weight is 691 g/mol. The van der Waals surface area contributed by atoms with E-state index in [0.717, 1.165) is 10.6 Å². The minimum absolute atomic E-state index is 0.00339. The lowest BCUT2D eigenvalue weighted by Gasteiger charge is -2.43. The van der Waals surface area contributed by atoms with Gasteiger partial charge in [-0.05, 0) is 88.2 Å². The van der Waals surface area contributed by atoms with Crippen molar-refractivity contribution in [1.82, 2.24) is 5.01 Å². The van der Waals surface area contributed by atoms with Gasteiger partial charge in [0.05, 0.1) is 39.8 Å². The first-order valence-corrected chi connectivity index (χ1v) is 14.1. The van der Waals surface area contributed by atoms with Gasteiger partial charge in [0.1, 0.15) is 5.75 Å². The molecule has 0 radical (unpaired) electrons. The molecule has 0 saturated carbocycles. The van der Waals surface area contributed by atoms with Crippen molar-refractivity contribution >= 4 is 63.3 Å². The molecule has 5 rings (SSSR count). The first-order chi connectivity index (χ1) is 19.2. The van der Waals surface area contributed by atoms with Crippen LogP contribution in [0.2, 0.25) is 10.0 Å². The van der Waals surface area contributed by atoms with E-state index in [0.29, 0.717) is 37.6 Å². The van der Waals surface area contributed by atoms with E-state index in [1.807, 2.05) is 40.8 Å². The maximum atomic E-state index is 14.8. The van der Waals surface area contributed by atoms with Crippen molar-refractivity contribution in [2.24, 2.45) is 5.92 Å². The molecule has 1 aliphatic carbocycles. The van der Waals surface area contributed by atoms with Gasteiger partial charge in [0, 0.05) is 10.9 Å². The monoisotopic (exact) mass is 690 g/mol. The summed E-state index contributed by atoms with van der Waals surface area (Å²) in [7, 11) is 3.03. The van der Waals surface area contributed by atoms with Crippen LogP contribution in [0.1, 0.15) is 23.5 Å². The second-order valence-electron chi connectivity index (χ2n) is 9.50. The Labute approximate surface area is 255 Å². The van der Waals surface area contributed by atoms with Crippen LogP contribution in [0.5, 0.6) is 17.2 Å². The topological polar surface area (TPSA) is 88.1 Å². The molecule has 1 fully saturated rings. The maximum Gasteiger partial charge on any atom is 0.260 e. The number of aromatic hydroxyl groups is 1. The second kappa shape index (κ2) is 11.0. The number of phenols is 1. The molecule has 0 spiro atoms. The first-order valence-electron chi connectivity index (χ1n) is 12.3. The van der Waals surface area contributed by atoms with Crippen molar-refractivity contribution in [2.45, 2.75) is 17.8 Å². The van der Waals surface area contributed by atoms with E-state index in [1.165, 1.54) is 13.2 Å². The summed E-state index contributed by atoms with van der Waals surface area (Å²) in [5.41, 5.74) is 4.08. The average Bonchev–Trinajstić information content (AvgIpc) is 3.17. The van der Waals surface area contributed by atoms with E-state index in [4.69, 9.17) is 32.7 Å². The van der Waals surface area contributed by atoms with Crippen molar-refractivity contribution in [3.63, 3.8) is 0 Å². The fraction of sp³-hybridized carbons (Fsp3) is 0.200. The SMILES string of the molecule is C=CC1=CC[C@H]2C(=O)N(Nc3ccc(Cl)cc3Cl)C(=O)[C@@]2(c2ccc(OC)cc2)[C@H]1c1cc(I)c(O)c(OC)c1. The van der Waals surface area contributed by atoms with Crippen LogP contribution < -0.4 is 14.9 Å².